The average molecular weight is 396 g/mol. The molecule has 0 aliphatic carbocycles. The summed E-state index contributed by atoms with van der Waals surface area (Å²) in [7, 11) is -3.03. The normalized spacial score (nSPS) is 20.0. The van der Waals surface area contributed by atoms with Gasteiger partial charge >= 0.3 is 0 Å². The number of nitrogens with one attached hydrogen (secondary N) is 1. The predicted molar refractivity (Wildman–Crippen MR) is 99.1 cm³/mol. The fraction of sp³-hybridized carbons (Fsp3) is 0.500. The van der Waals surface area contributed by atoms with Crippen LogP contribution in [0.1, 0.15) is 24.5 Å². The summed E-state index contributed by atoms with van der Waals surface area (Å²) in [6.45, 7) is 5.75. The molecule has 1 aliphatic heterocycles. The number of amides is 1. The van der Waals surface area contributed by atoms with Crippen molar-refractivity contribution in [3.63, 3.8) is 0 Å². The molecule has 2 aromatic rings. The van der Waals surface area contributed by atoms with Crippen molar-refractivity contribution >= 4 is 27.5 Å². The number of rotatable bonds is 5. The van der Waals surface area contributed by atoms with Crippen molar-refractivity contribution in [2.75, 3.05) is 11.5 Å². The van der Waals surface area contributed by atoms with Gasteiger partial charge in [-0.1, -0.05) is 29.5 Å². The van der Waals surface area contributed by atoms with E-state index >= 15 is 0 Å². The number of hydrogen-bond donors (Lipinski definition) is 1. The van der Waals surface area contributed by atoms with E-state index in [1.54, 1.807) is 11.6 Å². The van der Waals surface area contributed by atoms with Crippen LogP contribution in [0.15, 0.2) is 23.4 Å². The topological polar surface area (TPSA) is 107 Å². The number of tetrazole rings is 1. The van der Waals surface area contributed by atoms with E-state index in [9.17, 15) is 13.2 Å². The molecule has 1 saturated heterocycles. The molecule has 1 amide bonds. The average Bonchev–Trinajstić information content (AvgIpc) is 3.13. The molecule has 0 unspecified atom stereocenters. The van der Waals surface area contributed by atoms with Crippen molar-refractivity contribution in [1.82, 2.24) is 25.5 Å². The van der Waals surface area contributed by atoms with E-state index < -0.39 is 15.1 Å². The molecule has 1 aromatic carbocycles. The zero-order valence-corrected chi connectivity index (χ0v) is 16.5. The molecule has 8 nitrogen and oxygen atoms in total. The van der Waals surface area contributed by atoms with E-state index in [2.05, 4.69) is 20.8 Å². The number of benzene rings is 1. The van der Waals surface area contributed by atoms with Crippen molar-refractivity contribution in [3.05, 3.63) is 29.3 Å². The Morgan fingerprint density at radius 1 is 1.38 bits per heavy atom. The Balaban J connectivity index is 1.69. The molecule has 3 rings (SSSR count). The van der Waals surface area contributed by atoms with Crippen molar-refractivity contribution in [3.8, 4) is 5.69 Å². The van der Waals surface area contributed by atoms with E-state index in [0.29, 0.717) is 11.6 Å². The zero-order valence-electron chi connectivity index (χ0n) is 14.8. The number of aryl methyl sites for hydroxylation is 2. The Hall–Kier alpha value is -1.94. The Morgan fingerprint density at radius 3 is 2.81 bits per heavy atom. The summed E-state index contributed by atoms with van der Waals surface area (Å²) in [4.78, 5) is 12.4. The molecule has 2 heterocycles. The van der Waals surface area contributed by atoms with Gasteiger partial charge in [-0.3, -0.25) is 4.79 Å². The summed E-state index contributed by atoms with van der Waals surface area (Å²) in [6.07, 6.45) is 0.464. The molecule has 140 valence electrons. The second-order valence-corrected chi connectivity index (χ2v) is 10.1. The van der Waals surface area contributed by atoms with Gasteiger partial charge in [0.2, 0.25) is 11.1 Å². The summed E-state index contributed by atoms with van der Waals surface area (Å²) in [5.74, 6) is -0.0758. The Kier molecular flexibility index (Phi) is 5.33. The highest BCUT2D eigenvalue weighted by molar-refractivity contribution is 8.00. The first-order chi connectivity index (χ1) is 12.2. The molecule has 2 atom stereocenters. The van der Waals surface area contributed by atoms with Crippen LogP contribution in [0.5, 0.6) is 0 Å². The monoisotopic (exact) mass is 395 g/mol. The van der Waals surface area contributed by atoms with Gasteiger partial charge in [-0.2, -0.15) is 4.68 Å². The van der Waals surface area contributed by atoms with Gasteiger partial charge in [0.05, 0.1) is 22.4 Å². The van der Waals surface area contributed by atoms with Crippen LogP contribution < -0.4 is 5.32 Å². The maximum absolute atomic E-state index is 12.4. The van der Waals surface area contributed by atoms with Gasteiger partial charge in [-0.25, -0.2) is 8.42 Å². The lowest BCUT2D eigenvalue weighted by Gasteiger charge is -2.15. The van der Waals surface area contributed by atoms with Gasteiger partial charge in [0.1, 0.15) is 0 Å². The highest BCUT2D eigenvalue weighted by atomic mass is 32.2. The highest BCUT2D eigenvalue weighted by Gasteiger charge is 2.30. The third-order valence-corrected chi connectivity index (χ3v) is 7.05. The molecular formula is C16H21N5O3S2. The van der Waals surface area contributed by atoms with Gasteiger partial charge in [-0.05, 0) is 49.2 Å². The molecule has 1 aromatic heterocycles. The summed E-state index contributed by atoms with van der Waals surface area (Å²) in [5.41, 5.74) is 3.04. The van der Waals surface area contributed by atoms with Gasteiger partial charge in [0.25, 0.3) is 0 Å². The molecule has 10 heteroatoms. The van der Waals surface area contributed by atoms with E-state index in [1.165, 1.54) is 11.8 Å². The van der Waals surface area contributed by atoms with Crippen molar-refractivity contribution < 1.29 is 13.2 Å². The van der Waals surface area contributed by atoms with Crippen molar-refractivity contribution in [1.29, 1.82) is 0 Å². The molecule has 1 N–H and O–H groups in total. The second-order valence-electron chi connectivity index (χ2n) is 6.53. The first-order valence-electron chi connectivity index (χ1n) is 8.28. The Bertz CT molecular complexity index is 926. The maximum atomic E-state index is 12.4. The van der Waals surface area contributed by atoms with E-state index in [-0.39, 0.29) is 23.5 Å². The van der Waals surface area contributed by atoms with Crippen molar-refractivity contribution in [2.24, 2.45) is 0 Å². The number of sulfone groups is 1. The molecule has 26 heavy (non-hydrogen) atoms. The summed E-state index contributed by atoms with van der Waals surface area (Å²) >= 11 is 1.24. The van der Waals surface area contributed by atoms with Crippen LogP contribution in [0.3, 0.4) is 0 Å². The van der Waals surface area contributed by atoms with Crippen LogP contribution >= 0.6 is 11.8 Å². The van der Waals surface area contributed by atoms with Gasteiger partial charge in [0.15, 0.2) is 9.84 Å². The number of nitrogens with zero attached hydrogens (tertiary/aromatic N) is 4. The van der Waals surface area contributed by atoms with E-state index in [1.807, 2.05) is 32.0 Å². The predicted octanol–water partition coefficient (Wildman–Crippen LogP) is 1.06. The minimum absolute atomic E-state index is 0.0103. The zero-order chi connectivity index (χ0) is 18.9. The lowest BCUT2D eigenvalue weighted by Crippen LogP contribution is -2.40. The molecule has 0 bridgehead atoms. The fourth-order valence-corrected chi connectivity index (χ4v) is 5.37. The summed E-state index contributed by atoms with van der Waals surface area (Å²) in [5, 5.41) is 14.7. The van der Waals surface area contributed by atoms with Crippen LogP contribution in [0.4, 0.5) is 0 Å². The number of aromatic nitrogens is 4. The smallest absolute Gasteiger partial charge is 0.233 e. The summed E-state index contributed by atoms with van der Waals surface area (Å²) in [6, 6.07) is 5.65. The molecule has 0 saturated carbocycles. The first kappa shape index (κ1) is 18.8. The van der Waals surface area contributed by atoms with Crippen LogP contribution in [0.25, 0.3) is 5.69 Å². The van der Waals surface area contributed by atoms with Crippen molar-refractivity contribution in [2.45, 2.75) is 43.6 Å². The van der Waals surface area contributed by atoms with Crippen LogP contribution in [-0.2, 0) is 14.6 Å². The molecule has 0 radical (unpaired) electrons. The maximum Gasteiger partial charge on any atom is 0.233 e. The van der Waals surface area contributed by atoms with Crippen LogP contribution in [0, 0.1) is 13.8 Å². The first-order valence-corrected chi connectivity index (χ1v) is 11.0. The third kappa shape index (κ3) is 4.24. The van der Waals surface area contributed by atoms with Gasteiger partial charge < -0.3 is 5.32 Å². The second kappa shape index (κ2) is 7.36. The van der Waals surface area contributed by atoms with Crippen LogP contribution in [0.2, 0.25) is 0 Å². The Labute approximate surface area is 156 Å². The molecule has 0 spiro atoms. The minimum Gasteiger partial charge on any atom is -0.351 e. The lowest BCUT2D eigenvalue weighted by molar-refractivity contribution is -0.120. The quantitative estimate of drug-likeness (QED) is 0.755. The lowest BCUT2D eigenvalue weighted by atomic mass is 10.1. The van der Waals surface area contributed by atoms with E-state index in [4.69, 9.17) is 0 Å². The van der Waals surface area contributed by atoms with E-state index in [0.717, 1.165) is 16.8 Å². The standard InChI is InChI=1S/C16H21N5O3S2/c1-10-4-5-14(11(2)8-10)21-16(18-19-20-21)25-12(3)15(22)17-13-6-7-26(23,24)9-13/h4-5,8,12-13H,6-7,9H2,1-3H3,(H,17,22)/t12-,13-/m0/s1. The molecule has 1 aliphatic rings. The largest absolute Gasteiger partial charge is 0.351 e. The molecule has 1 fully saturated rings. The molecular weight excluding hydrogens is 374 g/mol. The minimum atomic E-state index is -3.03. The Morgan fingerprint density at radius 2 is 2.15 bits per heavy atom. The third-order valence-electron chi connectivity index (χ3n) is 4.25. The number of carbonyl (C=O) groups excluding carboxylic acids is 1. The fourth-order valence-electron chi connectivity index (χ4n) is 2.89. The highest BCUT2D eigenvalue weighted by Crippen LogP contribution is 2.25. The number of hydrogen-bond acceptors (Lipinski definition) is 7. The summed E-state index contributed by atoms with van der Waals surface area (Å²) < 4.78 is 24.7. The van der Waals surface area contributed by atoms with Gasteiger partial charge in [0, 0.05) is 6.04 Å². The number of carbonyl (C=O) groups is 1. The van der Waals surface area contributed by atoms with Crippen LogP contribution in [-0.4, -0.2) is 57.3 Å². The van der Waals surface area contributed by atoms with Gasteiger partial charge in [-0.15, -0.1) is 5.10 Å². The SMILES string of the molecule is Cc1ccc(-n2nnnc2S[C@@H](C)C(=O)N[C@H]2CCS(=O)(=O)C2)c(C)c1. The number of thioether (sulfide) groups is 1.